The van der Waals surface area contributed by atoms with E-state index in [2.05, 4.69) is 31.9 Å². The zero-order valence-electron chi connectivity index (χ0n) is 14.4. The van der Waals surface area contributed by atoms with Crippen molar-refractivity contribution in [2.45, 2.75) is 30.6 Å². The average Bonchev–Trinajstić information content (AvgIpc) is 3.36. The lowest BCUT2D eigenvalue weighted by Crippen LogP contribution is -2.74. The number of nitrogens with one attached hydrogen (secondary N) is 3. The van der Waals surface area contributed by atoms with Gasteiger partial charge in [-0.1, -0.05) is 0 Å². The summed E-state index contributed by atoms with van der Waals surface area (Å²) >= 11 is 2.95. The zero-order valence-corrected chi connectivity index (χ0v) is 16.1. The highest BCUT2D eigenvalue weighted by Crippen LogP contribution is 2.40. The maximum Gasteiger partial charge on any atom is 0.271 e. The fourth-order valence-corrected chi connectivity index (χ4v) is 5.51. The highest BCUT2D eigenvalue weighted by Gasteiger charge is 2.51. The van der Waals surface area contributed by atoms with Crippen LogP contribution in [0.3, 0.4) is 0 Å². The summed E-state index contributed by atoms with van der Waals surface area (Å²) in [5, 5.41) is 25.6. The van der Waals surface area contributed by atoms with Gasteiger partial charge in [0, 0.05) is 35.9 Å². The van der Waals surface area contributed by atoms with Crippen LogP contribution >= 0.6 is 22.7 Å². The molecule has 6 heterocycles. The Hall–Kier alpha value is -2.25. The van der Waals surface area contributed by atoms with Gasteiger partial charge in [0.15, 0.2) is 0 Å². The molecule has 6 rings (SSSR count). The fraction of sp³-hybridized carbons (Fsp3) is 0.389. The number of thiophene rings is 2. The summed E-state index contributed by atoms with van der Waals surface area (Å²) in [5.41, 5.74) is 0.847. The predicted octanol–water partition coefficient (Wildman–Crippen LogP) is 2.58. The van der Waals surface area contributed by atoms with Gasteiger partial charge in [-0.05, 0) is 24.3 Å². The first-order valence-corrected chi connectivity index (χ1v) is 10.7. The summed E-state index contributed by atoms with van der Waals surface area (Å²) in [6.45, 7) is 1.65. The molecule has 4 aliphatic rings. The molecule has 3 fully saturated rings. The first-order chi connectivity index (χ1) is 13.2. The Morgan fingerprint density at radius 3 is 3.11 bits per heavy atom. The number of carbonyl (C=O) groups is 1. The molecule has 7 nitrogen and oxygen atoms in total. The van der Waals surface area contributed by atoms with Crippen LogP contribution in [-0.4, -0.2) is 47.9 Å². The highest BCUT2D eigenvalue weighted by molar-refractivity contribution is 7.14. The van der Waals surface area contributed by atoms with Gasteiger partial charge in [0.1, 0.15) is 11.1 Å². The molecule has 3 N–H and O–H groups in total. The second-order valence-electron chi connectivity index (χ2n) is 7.04. The normalized spacial score (nSPS) is 29.0. The van der Waals surface area contributed by atoms with E-state index in [1.807, 2.05) is 11.4 Å². The van der Waals surface area contributed by atoms with Crippen LogP contribution in [0.1, 0.15) is 18.4 Å². The van der Waals surface area contributed by atoms with Crippen molar-refractivity contribution >= 4 is 51.2 Å². The summed E-state index contributed by atoms with van der Waals surface area (Å²) < 4.78 is 0. The van der Waals surface area contributed by atoms with E-state index in [1.54, 1.807) is 28.3 Å². The molecule has 2 aromatic heterocycles. The predicted molar refractivity (Wildman–Crippen MR) is 108 cm³/mol. The number of nitrogens with zero attached hydrogens (tertiary/aromatic N) is 3. The molecule has 2 bridgehead atoms. The Kier molecular flexibility index (Phi) is 4.02. The zero-order chi connectivity index (χ0) is 18.4. The maximum atomic E-state index is 13.5. The van der Waals surface area contributed by atoms with E-state index in [1.165, 1.54) is 11.3 Å². The molecule has 3 saturated heterocycles. The Morgan fingerprint density at radius 1 is 1.44 bits per heavy atom. The molecule has 9 heteroatoms. The number of piperazine rings is 1. The van der Waals surface area contributed by atoms with Crippen LogP contribution in [0.25, 0.3) is 0 Å². The Balaban J connectivity index is 1.53. The smallest absolute Gasteiger partial charge is 0.271 e. The molecule has 4 aliphatic heterocycles. The molecular formula is C18H18N6OS2. The van der Waals surface area contributed by atoms with E-state index >= 15 is 0 Å². The van der Waals surface area contributed by atoms with Crippen molar-refractivity contribution in [2.75, 3.05) is 23.7 Å². The fourth-order valence-electron chi connectivity index (χ4n) is 4.12. The summed E-state index contributed by atoms with van der Waals surface area (Å²) in [4.78, 5) is 20.4. The van der Waals surface area contributed by atoms with Crippen LogP contribution in [0.5, 0.6) is 0 Å². The maximum absolute atomic E-state index is 13.5. The van der Waals surface area contributed by atoms with Gasteiger partial charge in [0.2, 0.25) is 5.66 Å². The molecule has 0 spiro atoms. The van der Waals surface area contributed by atoms with Crippen LogP contribution in [0, 0.1) is 11.3 Å². The Bertz CT molecular complexity index is 951. The quantitative estimate of drug-likeness (QED) is 0.739. The number of amides is 1. The number of aliphatic imine (C=N–C) groups is 1. The molecule has 0 aliphatic carbocycles. The number of hydrogen-bond acceptors (Lipinski definition) is 8. The average molecular weight is 399 g/mol. The van der Waals surface area contributed by atoms with E-state index in [4.69, 9.17) is 0 Å². The number of hydrogen-bond donors (Lipinski definition) is 3. The molecule has 27 heavy (non-hydrogen) atoms. The van der Waals surface area contributed by atoms with Crippen molar-refractivity contribution in [2.24, 2.45) is 4.99 Å². The number of rotatable bonds is 3. The summed E-state index contributed by atoms with van der Waals surface area (Å²) in [6.07, 6.45) is 3.92. The minimum Gasteiger partial charge on any atom is -0.352 e. The molecule has 0 aromatic carbocycles. The largest absolute Gasteiger partial charge is 0.352 e. The lowest BCUT2D eigenvalue weighted by molar-refractivity contribution is -0.126. The van der Waals surface area contributed by atoms with Gasteiger partial charge in [-0.15, -0.1) is 22.7 Å². The number of piperidine rings is 2. The first kappa shape index (κ1) is 16.9. The second-order valence-corrected chi connectivity index (χ2v) is 8.68. The van der Waals surface area contributed by atoms with Crippen molar-refractivity contribution in [1.29, 1.82) is 5.26 Å². The van der Waals surface area contributed by atoms with E-state index in [-0.39, 0.29) is 11.9 Å². The highest BCUT2D eigenvalue weighted by atomic mass is 32.1. The van der Waals surface area contributed by atoms with Crippen LogP contribution in [0.15, 0.2) is 27.2 Å². The van der Waals surface area contributed by atoms with E-state index in [0.29, 0.717) is 17.3 Å². The van der Waals surface area contributed by atoms with E-state index < -0.39 is 5.66 Å². The molecule has 2 aromatic rings. The minimum atomic E-state index is -1.06. The molecule has 1 unspecified atom stereocenters. The Morgan fingerprint density at radius 2 is 2.37 bits per heavy atom. The van der Waals surface area contributed by atoms with Crippen LogP contribution in [-0.2, 0) is 4.79 Å². The number of nitriles is 1. The van der Waals surface area contributed by atoms with E-state index in [9.17, 15) is 10.1 Å². The van der Waals surface area contributed by atoms with Crippen molar-refractivity contribution < 1.29 is 4.79 Å². The minimum absolute atomic E-state index is 0.203. The van der Waals surface area contributed by atoms with Gasteiger partial charge in [0.25, 0.3) is 5.91 Å². The van der Waals surface area contributed by atoms with Gasteiger partial charge >= 0.3 is 0 Å². The van der Waals surface area contributed by atoms with Gasteiger partial charge in [-0.25, -0.2) is 4.99 Å². The first-order valence-electron chi connectivity index (χ1n) is 8.88. The van der Waals surface area contributed by atoms with Crippen molar-refractivity contribution in [3.63, 3.8) is 0 Å². The molecule has 138 valence electrons. The van der Waals surface area contributed by atoms with Crippen molar-refractivity contribution in [3.8, 4) is 6.07 Å². The lowest BCUT2D eigenvalue weighted by Gasteiger charge is -2.53. The standard InChI is InChI=1S/C18H18N6OS2/c19-5-11-8-26-9-15(11)22-17(25)18(10-21-16-14(23-18)3-4-27-16)24-7-12-1-2-13(24)6-20-12/h3-4,8-10,12-13,20,23H,1-2,6-7H2,(H,22,25)/t12-,13-,18?/m1/s1. The summed E-state index contributed by atoms with van der Waals surface area (Å²) in [6, 6.07) is 4.74. The molecule has 1 amide bonds. The topological polar surface area (TPSA) is 92.5 Å². The Labute approximate surface area is 164 Å². The molecule has 0 saturated carbocycles. The second kappa shape index (κ2) is 6.42. The van der Waals surface area contributed by atoms with Gasteiger partial charge in [-0.3, -0.25) is 9.69 Å². The SMILES string of the molecule is N#Cc1cscc1NC(=O)C1(N2C[C@H]3CC[C@@H]2CN3)C=Nc2sccc2N1. The molecular weight excluding hydrogens is 380 g/mol. The lowest BCUT2D eigenvalue weighted by atomic mass is 9.89. The number of fused-ring (bicyclic) bond motifs is 4. The monoisotopic (exact) mass is 398 g/mol. The molecule has 0 radical (unpaired) electrons. The van der Waals surface area contributed by atoms with Crippen LogP contribution < -0.4 is 16.0 Å². The van der Waals surface area contributed by atoms with Gasteiger partial charge < -0.3 is 16.0 Å². The third-order valence-electron chi connectivity index (χ3n) is 5.52. The van der Waals surface area contributed by atoms with Crippen LogP contribution in [0.2, 0.25) is 0 Å². The molecule has 3 atom stereocenters. The van der Waals surface area contributed by atoms with Crippen molar-refractivity contribution in [3.05, 3.63) is 27.8 Å². The van der Waals surface area contributed by atoms with Crippen LogP contribution in [0.4, 0.5) is 16.4 Å². The van der Waals surface area contributed by atoms with E-state index in [0.717, 1.165) is 36.6 Å². The van der Waals surface area contributed by atoms with Crippen molar-refractivity contribution in [1.82, 2.24) is 10.2 Å². The summed E-state index contributed by atoms with van der Waals surface area (Å²) in [7, 11) is 0. The number of carbonyl (C=O) groups excluding carboxylic acids is 1. The third kappa shape index (κ3) is 2.68. The van der Waals surface area contributed by atoms with Gasteiger partial charge in [-0.2, -0.15) is 5.26 Å². The summed E-state index contributed by atoms with van der Waals surface area (Å²) in [5.74, 6) is -0.203. The number of anilines is 2. The van der Waals surface area contributed by atoms with Gasteiger partial charge in [0.05, 0.1) is 23.2 Å². The third-order valence-corrected chi connectivity index (χ3v) is 7.08.